The molecule has 7 nitrogen and oxygen atoms in total. The number of nitrogens with one attached hydrogen (secondary N) is 1. The van der Waals surface area contributed by atoms with Crippen LogP contribution in [0.5, 0.6) is 0 Å². The van der Waals surface area contributed by atoms with E-state index in [2.05, 4.69) is 21.2 Å². The molecule has 20 heavy (non-hydrogen) atoms. The van der Waals surface area contributed by atoms with Crippen LogP contribution in [0.2, 0.25) is 0 Å². The summed E-state index contributed by atoms with van der Waals surface area (Å²) >= 11 is 3.12. The van der Waals surface area contributed by atoms with Crippen molar-refractivity contribution < 1.29 is 19.6 Å². The van der Waals surface area contributed by atoms with Crippen LogP contribution in [0.25, 0.3) is 0 Å². The number of nitrogens with zero attached hydrogens (tertiary/aromatic N) is 1. The van der Waals surface area contributed by atoms with Gasteiger partial charge in [0.1, 0.15) is 5.41 Å². The lowest BCUT2D eigenvalue weighted by Crippen LogP contribution is -2.44. The molecule has 0 heterocycles. The molecule has 1 rings (SSSR count). The van der Waals surface area contributed by atoms with Crippen molar-refractivity contribution in [1.29, 1.82) is 0 Å². The van der Waals surface area contributed by atoms with E-state index in [1.54, 1.807) is 6.07 Å². The number of carbonyl (C=O) groups is 2. The molecule has 1 atom stereocenters. The standard InChI is InChI=1S/C12H13BrN2O5/c1-12(11(17)18,10(16)14-2)6-7-3-4-8(13)5-9(7)15(19)20/h3-5H,6H2,1-2H3,(H,14,16)(H,17,18). The van der Waals surface area contributed by atoms with Gasteiger partial charge in [-0.1, -0.05) is 22.0 Å². The summed E-state index contributed by atoms with van der Waals surface area (Å²) in [6, 6.07) is 4.28. The number of carboxylic acid groups (broad SMARTS) is 1. The molecule has 8 heteroatoms. The number of nitro benzene ring substituents is 1. The zero-order valence-corrected chi connectivity index (χ0v) is 12.4. The highest BCUT2D eigenvalue weighted by Gasteiger charge is 2.42. The number of carbonyl (C=O) groups excluding carboxylic acids is 1. The van der Waals surface area contributed by atoms with Crippen LogP contribution in [0, 0.1) is 15.5 Å². The van der Waals surface area contributed by atoms with Crippen molar-refractivity contribution in [3.05, 3.63) is 38.3 Å². The quantitative estimate of drug-likeness (QED) is 0.480. The third-order valence-electron chi connectivity index (χ3n) is 2.99. The molecule has 0 aliphatic carbocycles. The zero-order valence-electron chi connectivity index (χ0n) is 10.8. The number of rotatable bonds is 5. The van der Waals surface area contributed by atoms with Crippen LogP contribution in [0.15, 0.2) is 22.7 Å². The molecule has 0 radical (unpaired) electrons. The average molecular weight is 345 g/mol. The van der Waals surface area contributed by atoms with Crippen LogP contribution < -0.4 is 5.32 Å². The third-order valence-corrected chi connectivity index (χ3v) is 3.48. The van der Waals surface area contributed by atoms with Gasteiger partial charge in [-0.25, -0.2) is 0 Å². The maximum absolute atomic E-state index is 11.8. The van der Waals surface area contributed by atoms with Crippen LogP contribution in [0.4, 0.5) is 5.69 Å². The highest BCUT2D eigenvalue weighted by molar-refractivity contribution is 9.10. The number of halogens is 1. The Morgan fingerprint density at radius 1 is 1.50 bits per heavy atom. The van der Waals surface area contributed by atoms with Gasteiger partial charge in [0, 0.05) is 29.6 Å². The molecule has 0 saturated heterocycles. The normalized spacial score (nSPS) is 13.3. The number of amides is 1. The fourth-order valence-corrected chi connectivity index (χ4v) is 2.12. The van der Waals surface area contributed by atoms with Crippen molar-refractivity contribution in [2.75, 3.05) is 7.05 Å². The van der Waals surface area contributed by atoms with Gasteiger partial charge in [-0.2, -0.15) is 0 Å². The van der Waals surface area contributed by atoms with Crippen LogP contribution >= 0.6 is 15.9 Å². The van der Waals surface area contributed by atoms with E-state index in [-0.39, 0.29) is 17.7 Å². The number of carboxylic acids is 1. The zero-order chi connectivity index (χ0) is 15.5. The summed E-state index contributed by atoms with van der Waals surface area (Å²) < 4.78 is 0.505. The Balaban J connectivity index is 3.29. The van der Waals surface area contributed by atoms with E-state index >= 15 is 0 Å². The molecular formula is C12H13BrN2O5. The van der Waals surface area contributed by atoms with Gasteiger partial charge in [-0.05, 0) is 13.0 Å². The third kappa shape index (κ3) is 3.13. The van der Waals surface area contributed by atoms with Gasteiger partial charge in [0.05, 0.1) is 4.92 Å². The Labute approximate surface area is 123 Å². The van der Waals surface area contributed by atoms with E-state index in [1.807, 2.05) is 0 Å². The predicted octanol–water partition coefficient (Wildman–Crippen LogP) is 1.74. The Kier molecular flexibility index (Phi) is 4.83. The maximum Gasteiger partial charge on any atom is 0.319 e. The SMILES string of the molecule is CNC(=O)C(C)(Cc1ccc(Br)cc1[N+](=O)[O-])C(=O)O. The molecule has 0 aromatic heterocycles. The van der Waals surface area contributed by atoms with Crippen LogP contribution in [-0.4, -0.2) is 29.0 Å². The lowest BCUT2D eigenvalue weighted by Gasteiger charge is -2.22. The summed E-state index contributed by atoms with van der Waals surface area (Å²) in [6.45, 7) is 1.24. The fourth-order valence-electron chi connectivity index (χ4n) is 1.77. The van der Waals surface area contributed by atoms with Gasteiger partial charge >= 0.3 is 5.97 Å². The van der Waals surface area contributed by atoms with E-state index < -0.39 is 22.2 Å². The lowest BCUT2D eigenvalue weighted by atomic mass is 9.82. The molecule has 0 aliphatic rings. The van der Waals surface area contributed by atoms with E-state index in [4.69, 9.17) is 0 Å². The minimum Gasteiger partial charge on any atom is -0.480 e. The number of aliphatic carboxylic acids is 1. The largest absolute Gasteiger partial charge is 0.480 e. The highest BCUT2D eigenvalue weighted by atomic mass is 79.9. The van der Waals surface area contributed by atoms with Crippen LogP contribution in [0.1, 0.15) is 12.5 Å². The first-order valence-corrected chi connectivity index (χ1v) is 6.40. The molecule has 0 bridgehead atoms. The Bertz CT molecular complexity index is 575. The van der Waals surface area contributed by atoms with E-state index in [0.29, 0.717) is 4.47 Å². The van der Waals surface area contributed by atoms with Crippen LogP contribution in [-0.2, 0) is 16.0 Å². The molecular weight excluding hydrogens is 332 g/mol. The van der Waals surface area contributed by atoms with Crippen LogP contribution in [0.3, 0.4) is 0 Å². The molecule has 0 saturated carbocycles. The molecule has 108 valence electrons. The van der Waals surface area contributed by atoms with Crippen molar-refractivity contribution >= 4 is 33.5 Å². The predicted molar refractivity (Wildman–Crippen MR) is 74.3 cm³/mol. The number of hydrogen-bond donors (Lipinski definition) is 2. The first kappa shape index (κ1) is 16.1. The first-order chi connectivity index (χ1) is 9.22. The maximum atomic E-state index is 11.8. The minimum absolute atomic E-state index is 0.187. The summed E-state index contributed by atoms with van der Waals surface area (Å²) in [5.41, 5.74) is -1.81. The Hall–Kier alpha value is -1.96. The minimum atomic E-state index is -1.77. The number of hydrogen-bond acceptors (Lipinski definition) is 4. The Morgan fingerprint density at radius 3 is 2.55 bits per heavy atom. The highest BCUT2D eigenvalue weighted by Crippen LogP contribution is 2.30. The van der Waals surface area contributed by atoms with Crippen molar-refractivity contribution in [2.45, 2.75) is 13.3 Å². The van der Waals surface area contributed by atoms with Gasteiger partial charge in [-0.15, -0.1) is 0 Å². The molecule has 1 amide bonds. The summed E-state index contributed by atoms with van der Waals surface area (Å²) in [7, 11) is 1.32. The van der Waals surface area contributed by atoms with E-state index in [9.17, 15) is 24.8 Å². The summed E-state index contributed by atoms with van der Waals surface area (Å²) in [4.78, 5) is 33.5. The molecule has 1 aromatic carbocycles. The smallest absolute Gasteiger partial charge is 0.319 e. The van der Waals surface area contributed by atoms with E-state index in [1.165, 1.54) is 26.1 Å². The summed E-state index contributed by atoms with van der Waals surface area (Å²) in [5, 5.41) is 22.5. The number of nitro groups is 1. The van der Waals surface area contributed by atoms with Gasteiger partial charge in [-0.3, -0.25) is 19.7 Å². The Morgan fingerprint density at radius 2 is 2.10 bits per heavy atom. The summed E-state index contributed by atoms with van der Waals surface area (Å²) in [5.74, 6) is -2.05. The molecule has 0 aliphatic heterocycles. The number of benzene rings is 1. The lowest BCUT2D eigenvalue weighted by molar-refractivity contribution is -0.385. The second kappa shape index (κ2) is 6.00. The van der Waals surface area contributed by atoms with Gasteiger partial charge in [0.2, 0.25) is 5.91 Å². The van der Waals surface area contributed by atoms with Crippen molar-refractivity contribution in [3.63, 3.8) is 0 Å². The molecule has 1 unspecified atom stereocenters. The van der Waals surface area contributed by atoms with Gasteiger partial charge in [0.25, 0.3) is 5.69 Å². The van der Waals surface area contributed by atoms with Gasteiger partial charge in [0.15, 0.2) is 0 Å². The van der Waals surface area contributed by atoms with E-state index in [0.717, 1.165) is 0 Å². The molecule has 0 fully saturated rings. The first-order valence-electron chi connectivity index (χ1n) is 5.60. The average Bonchev–Trinajstić information content (AvgIpc) is 2.39. The fraction of sp³-hybridized carbons (Fsp3) is 0.333. The van der Waals surface area contributed by atoms with Crippen molar-refractivity contribution in [2.24, 2.45) is 5.41 Å². The van der Waals surface area contributed by atoms with Crippen molar-refractivity contribution in [1.82, 2.24) is 5.32 Å². The topological polar surface area (TPSA) is 110 Å². The van der Waals surface area contributed by atoms with Gasteiger partial charge < -0.3 is 10.4 Å². The monoisotopic (exact) mass is 344 g/mol. The van der Waals surface area contributed by atoms with Crippen molar-refractivity contribution in [3.8, 4) is 0 Å². The second-order valence-corrected chi connectivity index (χ2v) is 5.34. The molecule has 0 spiro atoms. The summed E-state index contributed by atoms with van der Waals surface area (Å²) in [6.07, 6.45) is -0.272. The second-order valence-electron chi connectivity index (χ2n) is 4.42. The molecule has 2 N–H and O–H groups in total. The molecule has 1 aromatic rings.